The van der Waals surface area contributed by atoms with Crippen LogP contribution in [0.15, 0.2) is 24.3 Å². The van der Waals surface area contributed by atoms with Crippen LogP contribution in [0, 0.1) is 11.7 Å². The van der Waals surface area contributed by atoms with Gasteiger partial charge < -0.3 is 10.1 Å². The monoisotopic (exact) mass is 295 g/mol. The molecule has 0 radical (unpaired) electrons. The molecule has 0 heterocycles. The van der Waals surface area contributed by atoms with E-state index in [1.165, 1.54) is 6.07 Å². The summed E-state index contributed by atoms with van der Waals surface area (Å²) in [6.45, 7) is 11.9. The average molecular weight is 295 g/mol. The van der Waals surface area contributed by atoms with Crippen molar-refractivity contribution in [3.05, 3.63) is 35.6 Å². The first-order valence-corrected chi connectivity index (χ1v) is 7.94. The Bertz CT molecular complexity index is 414. The van der Waals surface area contributed by atoms with Crippen LogP contribution in [0.1, 0.15) is 59.1 Å². The van der Waals surface area contributed by atoms with Gasteiger partial charge in [0.05, 0.1) is 12.7 Å². The van der Waals surface area contributed by atoms with Gasteiger partial charge in [-0.2, -0.15) is 0 Å². The smallest absolute Gasteiger partial charge is 0.129 e. The molecule has 1 aromatic rings. The lowest BCUT2D eigenvalue weighted by molar-refractivity contribution is 0.0245. The predicted octanol–water partition coefficient (Wildman–Crippen LogP) is 4.71. The van der Waals surface area contributed by atoms with E-state index in [1.807, 2.05) is 12.1 Å². The molecule has 0 saturated heterocycles. The zero-order valence-corrected chi connectivity index (χ0v) is 14.1. The highest BCUT2D eigenvalue weighted by atomic mass is 19.1. The van der Waals surface area contributed by atoms with Crippen molar-refractivity contribution in [2.24, 2.45) is 5.92 Å². The molecule has 0 spiro atoms. The van der Waals surface area contributed by atoms with Gasteiger partial charge in [-0.15, -0.1) is 0 Å². The molecular formula is C18H30FNO. The minimum Gasteiger partial charge on any atom is -0.372 e. The van der Waals surface area contributed by atoms with E-state index in [-0.39, 0.29) is 17.5 Å². The zero-order valence-electron chi connectivity index (χ0n) is 14.1. The standard InChI is InChI=1S/C18H30FNO/c1-6-9-14(2)13-21-17(12-20-18(3,4)5)15-10-7-8-11-16(15)19/h7-8,10-11,14,17,20H,6,9,12-13H2,1-5H3. The third-order valence-electron chi connectivity index (χ3n) is 3.43. The largest absolute Gasteiger partial charge is 0.372 e. The molecule has 1 aromatic carbocycles. The van der Waals surface area contributed by atoms with E-state index in [0.717, 1.165) is 12.8 Å². The fraction of sp³-hybridized carbons (Fsp3) is 0.667. The van der Waals surface area contributed by atoms with E-state index in [4.69, 9.17) is 4.74 Å². The Morgan fingerprint density at radius 1 is 1.24 bits per heavy atom. The van der Waals surface area contributed by atoms with Crippen LogP contribution >= 0.6 is 0 Å². The summed E-state index contributed by atoms with van der Waals surface area (Å²) in [6, 6.07) is 6.89. The Balaban J connectivity index is 2.73. The molecule has 1 N–H and O–H groups in total. The molecule has 0 amide bonds. The maximum Gasteiger partial charge on any atom is 0.129 e. The SMILES string of the molecule is CCCC(C)COC(CNC(C)(C)C)c1ccccc1F. The number of halogens is 1. The fourth-order valence-electron chi connectivity index (χ4n) is 2.25. The lowest BCUT2D eigenvalue weighted by Gasteiger charge is -2.27. The van der Waals surface area contributed by atoms with Crippen LogP contribution in [-0.2, 0) is 4.74 Å². The Hall–Kier alpha value is -0.930. The van der Waals surface area contributed by atoms with Gasteiger partial charge in [-0.3, -0.25) is 0 Å². The Labute approximate surface area is 129 Å². The van der Waals surface area contributed by atoms with E-state index in [9.17, 15) is 4.39 Å². The molecule has 0 bridgehead atoms. The highest BCUT2D eigenvalue weighted by Crippen LogP contribution is 2.22. The molecule has 0 fully saturated rings. The van der Waals surface area contributed by atoms with E-state index in [1.54, 1.807) is 6.07 Å². The van der Waals surface area contributed by atoms with Gasteiger partial charge in [0.2, 0.25) is 0 Å². The van der Waals surface area contributed by atoms with Crippen LogP contribution in [0.3, 0.4) is 0 Å². The lowest BCUT2D eigenvalue weighted by Crippen LogP contribution is -2.39. The molecule has 0 aliphatic rings. The quantitative estimate of drug-likeness (QED) is 0.750. The normalized spacial score (nSPS) is 15.0. The van der Waals surface area contributed by atoms with E-state index in [2.05, 4.69) is 39.9 Å². The molecular weight excluding hydrogens is 265 g/mol. The number of hydrogen-bond donors (Lipinski definition) is 1. The molecule has 21 heavy (non-hydrogen) atoms. The third-order valence-corrected chi connectivity index (χ3v) is 3.43. The molecule has 120 valence electrons. The summed E-state index contributed by atoms with van der Waals surface area (Å²) in [6.07, 6.45) is 2.04. The first-order valence-electron chi connectivity index (χ1n) is 7.94. The van der Waals surface area contributed by atoms with Crippen molar-refractivity contribution in [3.63, 3.8) is 0 Å². The summed E-state index contributed by atoms with van der Waals surface area (Å²) in [5.74, 6) is 0.306. The van der Waals surface area contributed by atoms with Crippen molar-refractivity contribution >= 4 is 0 Å². The lowest BCUT2D eigenvalue weighted by atomic mass is 10.0. The van der Waals surface area contributed by atoms with Crippen molar-refractivity contribution in [2.75, 3.05) is 13.2 Å². The number of benzene rings is 1. The van der Waals surface area contributed by atoms with Crippen molar-refractivity contribution < 1.29 is 9.13 Å². The molecule has 2 nitrogen and oxygen atoms in total. The van der Waals surface area contributed by atoms with E-state index in [0.29, 0.717) is 24.6 Å². The summed E-state index contributed by atoms with van der Waals surface area (Å²) < 4.78 is 20.0. The van der Waals surface area contributed by atoms with Crippen LogP contribution < -0.4 is 5.32 Å². The minimum atomic E-state index is -0.246. The Morgan fingerprint density at radius 3 is 2.48 bits per heavy atom. The van der Waals surface area contributed by atoms with Gasteiger partial charge in [-0.05, 0) is 39.2 Å². The van der Waals surface area contributed by atoms with Gasteiger partial charge in [0, 0.05) is 17.6 Å². The summed E-state index contributed by atoms with van der Waals surface area (Å²) in [5, 5.41) is 3.41. The van der Waals surface area contributed by atoms with Gasteiger partial charge in [-0.1, -0.05) is 38.5 Å². The van der Waals surface area contributed by atoms with Gasteiger partial charge in [0.1, 0.15) is 5.82 Å². The molecule has 0 aliphatic heterocycles. The molecule has 2 unspecified atom stereocenters. The zero-order chi connectivity index (χ0) is 15.9. The maximum atomic E-state index is 14.0. The second-order valence-corrected chi connectivity index (χ2v) is 6.87. The van der Waals surface area contributed by atoms with Crippen molar-refractivity contribution in [1.82, 2.24) is 5.32 Å². The second-order valence-electron chi connectivity index (χ2n) is 6.87. The van der Waals surface area contributed by atoms with Gasteiger partial charge in [0.15, 0.2) is 0 Å². The molecule has 3 heteroatoms. The Kier molecular flexibility index (Phi) is 7.33. The topological polar surface area (TPSA) is 21.3 Å². The van der Waals surface area contributed by atoms with Crippen molar-refractivity contribution in [3.8, 4) is 0 Å². The second kappa shape index (κ2) is 8.50. The van der Waals surface area contributed by atoms with Gasteiger partial charge in [-0.25, -0.2) is 4.39 Å². The molecule has 1 rings (SSSR count). The molecule has 0 saturated carbocycles. The third kappa shape index (κ3) is 7.05. The number of nitrogens with one attached hydrogen (secondary N) is 1. The maximum absolute atomic E-state index is 14.0. The van der Waals surface area contributed by atoms with Crippen molar-refractivity contribution in [2.45, 2.75) is 59.1 Å². The Morgan fingerprint density at radius 2 is 1.90 bits per heavy atom. The van der Waals surface area contributed by atoms with Gasteiger partial charge in [0.25, 0.3) is 0 Å². The predicted molar refractivity (Wildman–Crippen MR) is 86.9 cm³/mol. The van der Waals surface area contributed by atoms with E-state index >= 15 is 0 Å². The van der Waals surface area contributed by atoms with Gasteiger partial charge >= 0.3 is 0 Å². The van der Waals surface area contributed by atoms with Crippen molar-refractivity contribution in [1.29, 1.82) is 0 Å². The fourth-order valence-corrected chi connectivity index (χ4v) is 2.25. The average Bonchev–Trinajstić information content (AvgIpc) is 2.39. The van der Waals surface area contributed by atoms with Crippen LogP contribution in [-0.4, -0.2) is 18.7 Å². The van der Waals surface area contributed by atoms with Crippen LogP contribution in [0.4, 0.5) is 4.39 Å². The summed E-state index contributed by atoms with van der Waals surface area (Å²) in [7, 11) is 0. The number of hydrogen-bond acceptors (Lipinski definition) is 2. The number of ether oxygens (including phenoxy) is 1. The minimum absolute atomic E-state index is 0.0120. The highest BCUT2D eigenvalue weighted by Gasteiger charge is 2.20. The van der Waals surface area contributed by atoms with E-state index < -0.39 is 0 Å². The summed E-state index contributed by atoms with van der Waals surface area (Å²) >= 11 is 0. The molecule has 0 aliphatic carbocycles. The number of rotatable bonds is 8. The molecule has 0 aromatic heterocycles. The van der Waals surface area contributed by atoms with Crippen LogP contribution in [0.25, 0.3) is 0 Å². The van der Waals surface area contributed by atoms with Crippen LogP contribution in [0.5, 0.6) is 0 Å². The summed E-state index contributed by atoms with van der Waals surface area (Å²) in [5.41, 5.74) is 0.625. The first kappa shape index (κ1) is 18.1. The highest BCUT2D eigenvalue weighted by molar-refractivity contribution is 5.20. The molecule has 2 atom stereocenters. The van der Waals surface area contributed by atoms with Crippen LogP contribution in [0.2, 0.25) is 0 Å². The first-order chi connectivity index (χ1) is 9.83. The summed E-state index contributed by atoms with van der Waals surface area (Å²) in [4.78, 5) is 0.